The Morgan fingerprint density at radius 1 is 1.26 bits per heavy atom. The number of aromatic nitrogens is 4. The van der Waals surface area contributed by atoms with Gasteiger partial charge in [0.15, 0.2) is 23.5 Å². The van der Waals surface area contributed by atoms with E-state index in [2.05, 4.69) is 15.0 Å². The SMILES string of the molecule is CC(=O)OC[C@H]1O[C@@H](n2cnc3c(=O)[nH]cnc32)[C@H](NC(=O)C(F)(F)F)[C@@H]1OC(C)=O. The molecule has 0 saturated carbocycles. The summed E-state index contributed by atoms with van der Waals surface area (Å²) >= 11 is 0. The minimum absolute atomic E-state index is 0.0604. The molecule has 1 aliphatic rings. The number of aromatic amines is 1. The van der Waals surface area contributed by atoms with E-state index in [0.717, 1.165) is 31.1 Å². The fraction of sp³-hybridized carbons (Fsp3) is 0.500. The van der Waals surface area contributed by atoms with Gasteiger partial charge in [-0.05, 0) is 0 Å². The highest BCUT2D eigenvalue weighted by Gasteiger charge is 2.52. The molecule has 168 valence electrons. The minimum atomic E-state index is -5.24. The van der Waals surface area contributed by atoms with Crippen LogP contribution in [-0.2, 0) is 28.6 Å². The van der Waals surface area contributed by atoms with Crippen LogP contribution in [0.4, 0.5) is 13.2 Å². The van der Waals surface area contributed by atoms with Gasteiger partial charge in [-0.15, -0.1) is 0 Å². The summed E-state index contributed by atoms with van der Waals surface area (Å²) in [5.74, 6) is -3.91. The van der Waals surface area contributed by atoms with Crippen molar-refractivity contribution in [2.24, 2.45) is 0 Å². The molecule has 12 nitrogen and oxygen atoms in total. The van der Waals surface area contributed by atoms with Gasteiger partial charge in [-0.3, -0.25) is 23.7 Å². The first-order valence-electron chi connectivity index (χ1n) is 8.73. The Bertz CT molecular complexity index is 1070. The predicted octanol–water partition coefficient (Wildman–Crippen LogP) is -0.441. The molecule has 15 heteroatoms. The molecule has 3 rings (SSSR count). The lowest BCUT2D eigenvalue weighted by atomic mass is 10.1. The van der Waals surface area contributed by atoms with Crippen molar-refractivity contribution in [2.45, 2.75) is 44.5 Å². The van der Waals surface area contributed by atoms with Gasteiger partial charge in [-0.25, -0.2) is 9.97 Å². The number of alkyl halides is 3. The van der Waals surface area contributed by atoms with Crippen LogP contribution in [0.15, 0.2) is 17.4 Å². The molecule has 4 atom stereocenters. The number of carbonyl (C=O) groups excluding carboxylic acids is 3. The van der Waals surface area contributed by atoms with Crippen molar-refractivity contribution < 1.29 is 41.8 Å². The van der Waals surface area contributed by atoms with E-state index >= 15 is 0 Å². The largest absolute Gasteiger partial charge is 0.471 e. The van der Waals surface area contributed by atoms with E-state index in [-0.39, 0.29) is 11.2 Å². The van der Waals surface area contributed by atoms with Crippen LogP contribution in [0, 0.1) is 0 Å². The highest BCUT2D eigenvalue weighted by Crippen LogP contribution is 2.34. The number of ether oxygens (including phenoxy) is 3. The molecule has 0 aromatic carbocycles. The molecule has 0 bridgehead atoms. The maximum atomic E-state index is 12.9. The average Bonchev–Trinajstić information content (AvgIpc) is 3.22. The molecule has 2 aromatic heterocycles. The lowest BCUT2D eigenvalue weighted by molar-refractivity contribution is -0.176. The second-order valence-electron chi connectivity index (χ2n) is 6.49. The van der Waals surface area contributed by atoms with Crippen LogP contribution in [0.3, 0.4) is 0 Å². The number of esters is 2. The van der Waals surface area contributed by atoms with Crippen molar-refractivity contribution in [3.8, 4) is 0 Å². The summed E-state index contributed by atoms with van der Waals surface area (Å²) in [4.78, 5) is 56.4. The number of rotatable bonds is 5. The molecule has 3 heterocycles. The van der Waals surface area contributed by atoms with E-state index < -0.39 is 60.7 Å². The van der Waals surface area contributed by atoms with Crippen LogP contribution < -0.4 is 10.9 Å². The second kappa shape index (κ2) is 8.33. The average molecular weight is 447 g/mol. The molecule has 0 radical (unpaired) electrons. The van der Waals surface area contributed by atoms with Gasteiger partial charge in [0.25, 0.3) is 5.56 Å². The number of halogens is 3. The van der Waals surface area contributed by atoms with Gasteiger partial charge < -0.3 is 24.5 Å². The Morgan fingerprint density at radius 2 is 1.97 bits per heavy atom. The maximum absolute atomic E-state index is 12.9. The first-order valence-corrected chi connectivity index (χ1v) is 8.73. The summed E-state index contributed by atoms with van der Waals surface area (Å²) in [6, 6.07) is -1.59. The van der Waals surface area contributed by atoms with E-state index in [4.69, 9.17) is 14.2 Å². The Kier molecular flexibility index (Phi) is 5.97. The lowest BCUT2D eigenvalue weighted by Crippen LogP contribution is -2.52. The zero-order chi connectivity index (χ0) is 22.9. The van der Waals surface area contributed by atoms with Crippen LogP contribution in [0.2, 0.25) is 0 Å². The van der Waals surface area contributed by atoms with Crippen LogP contribution in [0.5, 0.6) is 0 Å². The van der Waals surface area contributed by atoms with Gasteiger partial charge in [0, 0.05) is 13.8 Å². The molecule has 1 fully saturated rings. The molecule has 1 saturated heterocycles. The second-order valence-corrected chi connectivity index (χ2v) is 6.49. The van der Waals surface area contributed by atoms with E-state index in [9.17, 15) is 32.3 Å². The first kappa shape index (κ1) is 22.2. The Morgan fingerprint density at radius 3 is 2.58 bits per heavy atom. The molecule has 2 N–H and O–H groups in total. The number of nitrogens with zero attached hydrogens (tertiary/aromatic N) is 3. The Balaban J connectivity index is 2.05. The number of H-pyrrole nitrogens is 1. The molecule has 0 unspecified atom stereocenters. The number of amides is 1. The van der Waals surface area contributed by atoms with Gasteiger partial charge in [0.2, 0.25) is 0 Å². The topological polar surface area (TPSA) is 154 Å². The van der Waals surface area contributed by atoms with Crippen molar-refractivity contribution >= 4 is 29.0 Å². The van der Waals surface area contributed by atoms with E-state index in [1.807, 2.05) is 0 Å². The standard InChI is InChI=1S/C16H16F3N5O7/c1-6(25)29-3-8-11(30-7(2)26)9(23-15(28)16(17,18)19)14(31-8)24-5-22-10-12(24)20-4-21-13(10)27/h4-5,8-9,11,14H,3H2,1-2H3,(H,23,28)(H,20,21,27)/t8-,9-,11-,14-/m1/s1. The van der Waals surface area contributed by atoms with Crippen molar-refractivity contribution in [3.63, 3.8) is 0 Å². The fourth-order valence-corrected chi connectivity index (χ4v) is 3.08. The number of hydrogen-bond acceptors (Lipinski definition) is 9. The van der Waals surface area contributed by atoms with Crippen molar-refractivity contribution in [2.75, 3.05) is 6.61 Å². The third-order valence-corrected chi connectivity index (χ3v) is 4.29. The van der Waals surface area contributed by atoms with Gasteiger partial charge in [0.05, 0.1) is 12.7 Å². The minimum Gasteiger partial charge on any atom is -0.463 e. The third-order valence-electron chi connectivity index (χ3n) is 4.29. The highest BCUT2D eigenvalue weighted by molar-refractivity contribution is 5.82. The quantitative estimate of drug-likeness (QED) is 0.581. The first-order chi connectivity index (χ1) is 14.5. The number of carbonyl (C=O) groups is 3. The van der Waals surface area contributed by atoms with Gasteiger partial charge in [-0.2, -0.15) is 13.2 Å². The Labute approximate surface area is 170 Å². The van der Waals surface area contributed by atoms with E-state index in [1.165, 1.54) is 0 Å². The summed E-state index contributed by atoms with van der Waals surface area (Å²) in [6.45, 7) is 1.62. The van der Waals surface area contributed by atoms with Gasteiger partial charge in [0.1, 0.15) is 18.8 Å². The summed E-state index contributed by atoms with van der Waals surface area (Å²) in [6.07, 6.45) is -7.27. The number of hydrogen-bond donors (Lipinski definition) is 2. The van der Waals surface area contributed by atoms with E-state index in [0.29, 0.717) is 0 Å². The third kappa shape index (κ3) is 4.65. The molecule has 2 aromatic rings. The van der Waals surface area contributed by atoms with E-state index in [1.54, 1.807) is 5.32 Å². The van der Waals surface area contributed by atoms with Gasteiger partial charge >= 0.3 is 24.0 Å². The normalized spacial score (nSPS) is 23.5. The Hall–Kier alpha value is -3.49. The highest BCUT2D eigenvalue weighted by atomic mass is 19.4. The number of fused-ring (bicyclic) bond motifs is 1. The lowest BCUT2D eigenvalue weighted by Gasteiger charge is -2.25. The van der Waals surface area contributed by atoms with Crippen LogP contribution in [0.1, 0.15) is 20.1 Å². The van der Waals surface area contributed by atoms with Crippen LogP contribution >= 0.6 is 0 Å². The van der Waals surface area contributed by atoms with Crippen molar-refractivity contribution in [1.82, 2.24) is 24.8 Å². The molecule has 1 aliphatic heterocycles. The smallest absolute Gasteiger partial charge is 0.463 e. The number of nitrogens with one attached hydrogen (secondary N) is 2. The molecule has 31 heavy (non-hydrogen) atoms. The molecular formula is C16H16F3N5O7. The molecule has 0 aliphatic carbocycles. The molecular weight excluding hydrogens is 431 g/mol. The van der Waals surface area contributed by atoms with Crippen LogP contribution in [-0.4, -0.2) is 68.4 Å². The zero-order valence-corrected chi connectivity index (χ0v) is 16.0. The summed E-state index contributed by atoms with van der Waals surface area (Å²) in [5.41, 5.74) is -0.820. The van der Waals surface area contributed by atoms with Crippen LogP contribution in [0.25, 0.3) is 11.2 Å². The van der Waals surface area contributed by atoms with Crippen molar-refractivity contribution in [1.29, 1.82) is 0 Å². The van der Waals surface area contributed by atoms with Crippen molar-refractivity contribution in [3.05, 3.63) is 23.0 Å². The molecule has 1 amide bonds. The van der Waals surface area contributed by atoms with Gasteiger partial charge in [-0.1, -0.05) is 0 Å². The predicted molar refractivity (Wildman–Crippen MR) is 92.2 cm³/mol. The monoisotopic (exact) mass is 447 g/mol. The maximum Gasteiger partial charge on any atom is 0.471 e. The number of imidazole rings is 1. The summed E-state index contributed by atoms with van der Waals surface area (Å²) < 4.78 is 55.5. The zero-order valence-electron chi connectivity index (χ0n) is 16.0. The molecule has 0 spiro atoms. The summed E-state index contributed by atoms with van der Waals surface area (Å²) in [7, 11) is 0. The fourth-order valence-electron chi connectivity index (χ4n) is 3.08. The summed E-state index contributed by atoms with van der Waals surface area (Å²) in [5, 5.41) is 1.74.